The lowest BCUT2D eigenvalue weighted by molar-refractivity contribution is 0.0592. The number of amides is 1. The Kier molecular flexibility index (Phi) is 4.56. The largest absolute Gasteiger partial charge is 0.338 e. The number of hydrogen-bond donors (Lipinski definition) is 0. The number of carbonyl (C=O) groups excluding carboxylic acids is 1. The maximum absolute atomic E-state index is 13.8. The predicted octanol–water partition coefficient (Wildman–Crippen LogP) is 3.69. The van der Waals surface area contributed by atoms with Gasteiger partial charge in [-0.05, 0) is 48.4 Å². The van der Waals surface area contributed by atoms with Crippen LogP contribution in [0.2, 0.25) is 0 Å². The number of thiophene rings is 1. The van der Waals surface area contributed by atoms with Gasteiger partial charge in [-0.3, -0.25) is 9.69 Å². The molecule has 0 radical (unpaired) electrons. The number of likely N-dealkylation sites (tertiary alicyclic amines) is 1. The second-order valence-corrected chi connectivity index (χ2v) is 7.71. The molecule has 0 bridgehead atoms. The molecule has 1 saturated heterocycles. The molecule has 2 aromatic rings. The lowest BCUT2D eigenvalue weighted by Crippen LogP contribution is -2.48. The molecular weight excluding hydrogens is 342 g/mol. The van der Waals surface area contributed by atoms with E-state index in [4.69, 9.17) is 0 Å². The summed E-state index contributed by atoms with van der Waals surface area (Å²) < 4.78 is 27.7. The van der Waals surface area contributed by atoms with Crippen LogP contribution in [-0.2, 0) is 13.0 Å². The fourth-order valence-corrected chi connectivity index (χ4v) is 4.77. The van der Waals surface area contributed by atoms with Gasteiger partial charge in [0, 0.05) is 37.1 Å². The number of carbonyl (C=O) groups is 1. The van der Waals surface area contributed by atoms with Crippen LogP contribution in [0.15, 0.2) is 29.6 Å². The van der Waals surface area contributed by atoms with E-state index in [1.807, 2.05) is 11.3 Å². The van der Waals surface area contributed by atoms with Crippen LogP contribution in [0.3, 0.4) is 0 Å². The number of fused-ring (bicyclic) bond motifs is 1. The molecule has 3 heterocycles. The van der Waals surface area contributed by atoms with Crippen molar-refractivity contribution in [3.05, 3.63) is 57.3 Å². The van der Waals surface area contributed by atoms with Gasteiger partial charge in [0.2, 0.25) is 0 Å². The van der Waals surface area contributed by atoms with Gasteiger partial charge in [-0.25, -0.2) is 8.78 Å². The molecule has 4 rings (SSSR count). The molecule has 2 aliphatic rings. The molecule has 0 atom stereocenters. The average molecular weight is 362 g/mol. The Bertz CT molecular complexity index is 763. The summed E-state index contributed by atoms with van der Waals surface area (Å²) >= 11 is 1.83. The molecule has 1 aromatic carbocycles. The van der Waals surface area contributed by atoms with E-state index in [1.54, 1.807) is 4.90 Å². The summed E-state index contributed by atoms with van der Waals surface area (Å²) in [6.45, 7) is 3.11. The number of piperidine rings is 1. The van der Waals surface area contributed by atoms with Crippen molar-refractivity contribution >= 4 is 17.2 Å². The normalized spacial score (nSPS) is 19.0. The molecule has 0 unspecified atom stereocenters. The molecule has 0 N–H and O–H groups in total. The summed E-state index contributed by atoms with van der Waals surface area (Å²) in [6, 6.07) is 6.18. The highest BCUT2D eigenvalue weighted by atomic mass is 32.1. The predicted molar refractivity (Wildman–Crippen MR) is 93.7 cm³/mol. The Hall–Kier alpha value is -1.79. The molecule has 2 aliphatic heterocycles. The van der Waals surface area contributed by atoms with Crippen LogP contribution >= 0.6 is 11.3 Å². The molecule has 1 aromatic heterocycles. The zero-order valence-corrected chi connectivity index (χ0v) is 14.7. The Morgan fingerprint density at radius 3 is 2.52 bits per heavy atom. The Labute approximate surface area is 149 Å². The standard InChI is InChI=1S/C19H20F2N2OS/c20-15-2-1-3-16(21)18(15)19(24)22-8-4-14(5-9-22)23-10-6-17-13(12-23)7-11-25-17/h1-3,7,11,14H,4-6,8-10,12H2. The zero-order valence-electron chi connectivity index (χ0n) is 13.9. The molecule has 1 fully saturated rings. The van der Waals surface area contributed by atoms with Gasteiger partial charge in [0.05, 0.1) is 0 Å². The lowest BCUT2D eigenvalue weighted by Gasteiger charge is -2.40. The summed E-state index contributed by atoms with van der Waals surface area (Å²) in [5, 5.41) is 2.15. The number of hydrogen-bond acceptors (Lipinski definition) is 3. The van der Waals surface area contributed by atoms with E-state index in [0.29, 0.717) is 19.1 Å². The number of nitrogens with zero attached hydrogens (tertiary/aromatic N) is 2. The zero-order chi connectivity index (χ0) is 17.4. The fraction of sp³-hybridized carbons (Fsp3) is 0.421. The van der Waals surface area contributed by atoms with E-state index in [-0.39, 0.29) is 0 Å². The van der Waals surface area contributed by atoms with Gasteiger partial charge >= 0.3 is 0 Å². The summed E-state index contributed by atoms with van der Waals surface area (Å²) in [4.78, 5) is 18.0. The van der Waals surface area contributed by atoms with E-state index < -0.39 is 23.1 Å². The molecule has 0 saturated carbocycles. The first-order valence-electron chi connectivity index (χ1n) is 8.66. The minimum Gasteiger partial charge on any atom is -0.338 e. The Morgan fingerprint density at radius 2 is 1.80 bits per heavy atom. The first-order chi connectivity index (χ1) is 12.1. The van der Waals surface area contributed by atoms with Crippen molar-refractivity contribution in [3.8, 4) is 0 Å². The third-order valence-corrected chi connectivity index (χ3v) is 6.30. The number of benzene rings is 1. The van der Waals surface area contributed by atoms with Crippen LogP contribution in [0.5, 0.6) is 0 Å². The second kappa shape index (κ2) is 6.84. The van der Waals surface area contributed by atoms with Gasteiger partial charge in [-0.1, -0.05) is 6.07 Å². The van der Waals surface area contributed by atoms with Crippen molar-refractivity contribution in [2.45, 2.75) is 31.8 Å². The smallest absolute Gasteiger partial charge is 0.259 e. The van der Waals surface area contributed by atoms with Gasteiger partial charge in [0.25, 0.3) is 5.91 Å². The SMILES string of the molecule is O=C(c1c(F)cccc1F)N1CCC(N2CCc3sccc3C2)CC1. The van der Waals surface area contributed by atoms with Crippen LogP contribution in [0, 0.1) is 11.6 Å². The Balaban J connectivity index is 1.39. The second-order valence-electron chi connectivity index (χ2n) is 6.71. The van der Waals surface area contributed by atoms with E-state index >= 15 is 0 Å². The van der Waals surface area contributed by atoms with Crippen molar-refractivity contribution in [2.24, 2.45) is 0 Å². The average Bonchev–Trinajstić information content (AvgIpc) is 3.09. The molecule has 3 nitrogen and oxygen atoms in total. The highest BCUT2D eigenvalue weighted by Gasteiger charge is 2.31. The number of halogens is 2. The quantitative estimate of drug-likeness (QED) is 0.814. The van der Waals surface area contributed by atoms with Gasteiger partial charge < -0.3 is 4.90 Å². The van der Waals surface area contributed by atoms with Crippen molar-refractivity contribution in [2.75, 3.05) is 19.6 Å². The van der Waals surface area contributed by atoms with E-state index in [9.17, 15) is 13.6 Å². The van der Waals surface area contributed by atoms with Gasteiger partial charge in [0.15, 0.2) is 0 Å². The highest BCUT2D eigenvalue weighted by Crippen LogP contribution is 2.28. The minimum absolute atomic E-state index is 0.429. The molecule has 0 aliphatic carbocycles. The van der Waals surface area contributed by atoms with E-state index in [0.717, 1.165) is 44.5 Å². The topological polar surface area (TPSA) is 23.6 Å². The lowest BCUT2D eigenvalue weighted by atomic mass is 9.99. The van der Waals surface area contributed by atoms with Gasteiger partial charge in [0.1, 0.15) is 17.2 Å². The first-order valence-corrected chi connectivity index (χ1v) is 9.54. The van der Waals surface area contributed by atoms with Crippen LogP contribution in [-0.4, -0.2) is 41.4 Å². The summed E-state index contributed by atoms with van der Waals surface area (Å²) in [7, 11) is 0. The van der Waals surface area contributed by atoms with Crippen LogP contribution in [0.1, 0.15) is 33.6 Å². The van der Waals surface area contributed by atoms with Crippen molar-refractivity contribution < 1.29 is 13.6 Å². The van der Waals surface area contributed by atoms with Crippen LogP contribution in [0.4, 0.5) is 8.78 Å². The van der Waals surface area contributed by atoms with Crippen molar-refractivity contribution in [1.82, 2.24) is 9.80 Å². The summed E-state index contributed by atoms with van der Waals surface area (Å²) in [5.41, 5.74) is 0.991. The first kappa shape index (κ1) is 16.7. The van der Waals surface area contributed by atoms with Gasteiger partial charge in [-0.2, -0.15) is 0 Å². The van der Waals surface area contributed by atoms with Crippen molar-refractivity contribution in [1.29, 1.82) is 0 Å². The Morgan fingerprint density at radius 1 is 1.08 bits per heavy atom. The minimum atomic E-state index is -0.784. The third kappa shape index (κ3) is 3.20. The van der Waals surface area contributed by atoms with Gasteiger partial charge in [-0.15, -0.1) is 11.3 Å². The van der Waals surface area contributed by atoms with Crippen molar-refractivity contribution in [3.63, 3.8) is 0 Å². The van der Waals surface area contributed by atoms with E-state index in [1.165, 1.54) is 16.5 Å². The summed E-state index contributed by atoms with van der Waals surface area (Å²) in [6.07, 6.45) is 2.79. The number of rotatable bonds is 2. The molecule has 25 heavy (non-hydrogen) atoms. The third-order valence-electron chi connectivity index (χ3n) is 5.28. The maximum atomic E-state index is 13.8. The maximum Gasteiger partial charge on any atom is 0.259 e. The molecule has 1 amide bonds. The molecule has 0 spiro atoms. The monoisotopic (exact) mass is 362 g/mol. The van der Waals surface area contributed by atoms with Crippen LogP contribution < -0.4 is 0 Å². The highest BCUT2D eigenvalue weighted by molar-refractivity contribution is 7.10. The fourth-order valence-electron chi connectivity index (χ4n) is 3.88. The van der Waals surface area contributed by atoms with E-state index in [2.05, 4.69) is 16.3 Å². The molecular formula is C19H20F2N2OS. The van der Waals surface area contributed by atoms with Crippen LogP contribution in [0.25, 0.3) is 0 Å². The molecule has 132 valence electrons. The summed E-state index contributed by atoms with van der Waals surface area (Å²) in [5.74, 6) is -2.10. The molecule has 6 heteroatoms.